The van der Waals surface area contributed by atoms with E-state index in [1.54, 1.807) is 36.4 Å². The van der Waals surface area contributed by atoms with E-state index in [9.17, 15) is 18.0 Å². The Balaban J connectivity index is 1.31. The highest BCUT2D eigenvalue weighted by Crippen LogP contribution is 2.33. The van der Waals surface area contributed by atoms with Crippen molar-refractivity contribution in [2.24, 2.45) is 0 Å². The molecular weight excluding hydrogens is 610 g/mol. The van der Waals surface area contributed by atoms with E-state index in [0.29, 0.717) is 60.9 Å². The third-order valence-corrected chi connectivity index (χ3v) is 9.76. The fourth-order valence-electron chi connectivity index (χ4n) is 5.51. The number of nitrogens with one attached hydrogen (secondary N) is 1. The third kappa shape index (κ3) is 7.43. The lowest BCUT2D eigenvalue weighted by molar-refractivity contribution is 0.0809. The number of hydrogen-bond donors (Lipinski definition) is 1. The second-order valence-electron chi connectivity index (χ2n) is 11.1. The van der Waals surface area contributed by atoms with Crippen LogP contribution in [0.1, 0.15) is 39.2 Å². The monoisotopic (exact) mass is 651 g/mol. The van der Waals surface area contributed by atoms with Crippen LogP contribution in [0.15, 0.2) is 64.4 Å². The zero-order valence-electron chi connectivity index (χ0n) is 26.5. The zero-order chi connectivity index (χ0) is 32.7. The fourth-order valence-corrected chi connectivity index (χ4v) is 6.96. The van der Waals surface area contributed by atoms with E-state index in [1.807, 2.05) is 35.6 Å². The molecule has 1 aliphatic rings. The Morgan fingerprint density at radius 1 is 0.978 bits per heavy atom. The summed E-state index contributed by atoms with van der Waals surface area (Å²) in [4.78, 5) is 35.2. The number of nitrogens with zero attached hydrogens (tertiary/aromatic N) is 4. The molecule has 1 aliphatic heterocycles. The van der Waals surface area contributed by atoms with Crippen LogP contribution in [0.2, 0.25) is 0 Å². The maximum absolute atomic E-state index is 13.8. The molecule has 13 heteroatoms. The summed E-state index contributed by atoms with van der Waals surface area (Å²) in [6, 6.07) is 13.4. The van der Waals surface area contributed by atoms with Gasteiger partial charge in [-0.3, -0.25) is 9.69 Å². The van der Waals surface area contributed by atoms with Gasteiger partial charge in [-0.2, -0.15) is 4.31 Å². The van der Waals surface area contributed by atoms with Crippen molar-refractivity contribution >= 4 is 27.2 Å². The molecule has 0 amide bonds. The Hall–Kier alpha value is -4.20. The lowest BCUT2D eigenvalue weighted by Gasteiger charge is -2.33. The van der Waals surface area contributed by atoms with Crippen LogP contribution in [0.4, 0.5) is 4.79 Å². The molecule has 0 aliphatic carbocycles. The van der Waals surface area contributed by atoms with Gasteiger partial charge in [0, 0.05) is 45.5 Å². The van der Waals surface area contributed by atoms with E-state index >= 15 is 0 Å². The molecule has 1 N–H and O–H groups in total. The van der Waals surface area contributed by atoms with Crippen LogP contribution in [-0.2, 0) is 27.7 Å². The van der Waals surface area contributed by atoms with E-state index in [0.717, 1.165) is 24.8 Å². The van der Waals surface area contributed by atoms with E-state index in [4.69, 9.17) is 19.2 Å². The zero-order valence-corrected chi connectivity index (χ0v) is 27.3. The normalized spacial score (nSPS) is 14.4. The Morgan fingerprint density at radius 2 is 1.74 bits per heavy atom. The van der Waals surface area contributed by atoms with Gasteiger partial charge in [0.2, 0.25) is 10.0 Å². The highest BCUT2D eigenvalue weighted by atomic mass is 32.2. The Kier molecular flexibility index (Phi) is 10.8. The molecule has 2 aromatic heterocycles. The summed E-state index contributed by atoms with van der Waals surface area (Å²) in [7, 11) is -3.87. The molecule has 0 spiro atoms. The molecule has 0 bridgehead atoms. The van der Waals surface area contributed by atoms with Crippen molar-refractivity contribution in [2.75, 3.05) is 45.9 Å². The maximum atomic E-state index is 13.8. The van der Waals surface area contributed by atoms with Gasteiger partial charge in [-0.1, -0.05) is 38.5 Å². The summed E-state index contributed by atoms with van der Waals surface area (Å²) in [5.74, 6) is 1.12. The predicted octanol–water partition coefficient (Wildman–Crippen LogP) is 4.67. The molecule has 3 heterocycles. The average molecular weight is 652 g/mol. The first-order valence-electron chi connectivity index (χ1n) is 15.8. The van der Waals surface area contributed by atoms with Crippen LogP contribution in [0.3, 0.4) is 0 Å². The second kappa shape index (κ2) is 14.9. The number of sulfonamides is 1. The number of carbonyl (C=O) groups is 1. The van der Waals surface area contributed by atoms with Crippen LogP contribution in [0, 0.1) is 0 Å². The first kappa shape index (κ1) is 33.2. The molecule has 0 radical (unpaired) electrons. The molecule has 0 unspecified atom stereocenters. The fraction of sp³-hybridized carbons (Fsp3) is 0.424. The maximum Gasteiger partial charge on any atom is 0.513 e. The van der Waals surface area contributed by atoms with Gasteiger partial charge < -0.3 is 23.8 Å². The number of ether oxygens (including phenoxy) is 3. The van der Waals surface area contributed by atoms with Gasteiger partial charge in [-0.05, 0) is 55.7 Å². The Morgan fingerprint density at radius 3 is 2.43 bits per heavy atom. The largest absolute Gasteiger partial charge is 0.513 e. The molecule has 46 heavy (non-hydrogen) atoms. The average Bonchev–Trinajstić information content (AvgIpc) is 3.42. The van der Waals surface area contributed by atoms with Crippen molar-refractivity contribution in [2.45, 2.75) is 51.5 Å². The van der Waals surface area contributed by atoms with Crippen LogP contribution >= 0.6 is 0 Å². The van der Waals surface area contributed by atoms with Crippen molar-refractivity contribution < 1.29 is 27.4 Å². The van der Waals surface area contributed by atoms with Crippen molar-refractivity contribution in [3.63, 3.8) is 0 Å². The lowest BCUT2D eigenvalue weighted by Crippen LogP contribution is -2.49. The minimum atomic E-state index is -3.87. The number of aromatic amines is 1. The number of aromatic nitrogens is 3. The molecule has 4 aromatic rings. The summed E-state index contributed by atoms with van der Waals surface area (Å²) >= 11 is 0. The SMILES string of the molecule is CCCOc1ccc(S(=O)(=O)N2CCN(CCOC(=O)Oc3ccccc3)CC2)cc1-c1nc2c(CCC)cn(CC)c2c(=O)[nH]1. The highest BCUT2D eigenvalue weighted by Gasteiger charge is 2.30. The molecule has 12 nitrogen and oxygen atoms in total. The van der Waals surface area contributed by atoms with Gasteiger partial charge in [0.1, 0.15) is 29.4 Å². The number of fused-ring (bicyclic) bond motifs is 1. The van der Waals surface area contributed by atoms with Gasteiger partial charge in [-0.25, -0.2) is 18.2 Å². The van der Waals surface area contributed by atoms with Gasteiger partial charge in [0.15, 0.2) is 0 Å². The first-order chi connectivity index (χ1) is 22.2. The van der Waals surface area contributed by atoms with Gasteiger partial charge in [-0.15, -0.1) is 0 Å². The van der Waals surface area contributed by atoms with Crippen LogP contribution in [-0.4, -0.2) is 84.3 Å². The Labute approximate surface area is 268 Å². The van der Waals surface area contributed by atoms with Crippen molar-refractivity contribution in [3.05, 3.63) is 70.6 Å². The summed E-state index contributed by atoms with van der Waals surface area (Å²) in [6.45, 7) is 9.15. The minimum absolute atomic E-state index is 0.0921. The number of hydrogen-bond acceptors (Lipinski definition) is 9. The van der Waals surface area contributed by atoms with Crippen LogP contribution in [0.25, 0.3) is 22.4 Å². The number of benzene rings is 2. The molecule has 0 saturated carbocycles. The van der Waals surface area contributed by atoms with Gasteiger partial charge in [0.25, 0.3) is 5.56 Å². The van der Waals surface area contributed by atoms with E-state index in [-0.39, 0.29) is 36.0 Å². The van der Waals surface area contributed by atoms with Gasteiger partial charge in [0.05, 0.1) is 22.6 Å². The van der Waals surface area contributed by atoms with Crippen LogP contribution < -0.4 is 15.0 Å². The van der Waals surface area contributed by atoms with E-state index in [2.05, 4.69) is 11.9 Å². The van der Waals surface area contributed by atoms with Crippen molar-refractivity contribution in [1.82, 2.24) is 23.7 Å². The molecule has 1 saturated heterocycles. The number of para-hydroxylation sites is 1. The molecule has 1 fully saturated rings. The quantitative estimate of drug-likeness (QED) is 0.162. The predicted molar refractivity (Wildman–Crippen MR) is 175 cm³/mol. The third-order valence-electron chi connectivity index (χ3n) is 7.87. The van der Waals surface area contributed by atoms with Gasteiger partial charge >= 0.3 is 6.16 Å². The number of piperazine rings is 1. The molecule has 5 rings (SSSR count). The molecular formula is C33H41N5O7S. The second-order valence-corrected chi connectivity index (χ2v) is 13.0. The van der Waals surface area contributed by atoms with Crippen molar-refractivity contribution in [1.29, 1.82) is 0 Å². The summed E-state index contributed by atoms with van der Waals surface area (Å²) < 4.78 is 47.3. The number of aryl methyl sites for hydroxylation is 2. The van der Waals surface area contributed by atoms with E-state index in [1.165, 1.54) is 10.4 Å². The van der Waals surface area contributed by atoms with Crippen LogP contribution in [0.5, 0.6) is 11.5 Å². The minimum Gasteiger partial charge on any atom is -0.493 e. The summed E-state index contributed by atoms with van der Waals surface area (Å²) in [5, 5.41) is 0. The summed E-state index contributed by atoms with van der Waals surface area (Å²) in [5.41, 5.74) is 2.23. The van der Waals surface area contributed by atoms with Crippen molar-refractivity contribution in [3.8, 4) is 22.9 Å². The number of carbonyl (C=O) groups excluding carboxylic acids is 1. The number of rotatable bonds is 13. The topological polar surface area (TPSA) is 136 Å². The lowest BCUT2D eigenvalue weighted by atomic mass is 10.1. The highest BCUT2D eigenvalue weighted by molar-refractivity contribution is 7.89. The standard InChI is InChI=1S/C33H41N5O7S/c1-4-10-24-23-37(6-3)30-29(24)34-31(35-32(30)39)27-22-26(13-14-28(27)43-20-5-2)46(41,42)38-17-15-36(16-18-38)19-21-44-33(40)45-25-11-8-7-9-12-25/h7-9,11-14,22-23H,4-6,10,15-21H2,1-3H3,(H,34,35,39). The molecule has 2 aromatic carbocycles. The smallest absolute Gasteiger partial charge is 0.493 e. The number of H-pyrrole nitrogens is 1. The van der Waals surface area contributed by atoms with E-state index < -0.39 is 16.2 Å². The molecule has 246 valence electrons. The first-order valence-corrected chi connectivity index (χ1v) is 17.2. The molecule has 0 atom stereocenters. The Bertz CT molecular complexity index is 1810. The summed E-state index contributed by atoms with van der Waals surface area (Å²) in [6.07, 6.45) is 3.60.